The van der Waals surface area contributed by atoms with E-state index in [0.29, 0.717) is 41.2 Å². The SMILES string of the molecule is COc1ncccc1C1=NC(C)CN=C1Oc1ccc(C(O)c2nc3ccccc3[nH]2)cc1. The van der Waals surface area contributed by atoms with Crippen LogP contribution in [-0.4, -0.2) is 51.4 Å². The number of benzene rings is 2. The van der Waals surface area contributed by atoms with E-state index in [9.17, 15) is 5.11 Å². The lowest BCUT2D eigenvalue weighted by atomic mass is 10.1. The third kappa shape index (κ3) is 4.20. The minimum absolute atomic E-state index is 0.0265. The van der Waals surface area contributed by atoms with Crippen molar-refractivity contribution in [2.75, 3.05) is 13.7 Å². The molecule has 1 aliphatic heterocycles. The molecule has 0 radical (unpaired) electrons. The van der Waals surface area contributed by atoms with Crippen molar-refractivity contribution in [1.82, 2.24) is 15.0 Å². The molecule has 8 nitrogen and oxygen atoms in total. The highest BCUT2D eigenvalue weighted by Crippen LogP contribution is 2.25. The molecule has 0 aliphatic carbocycles. The van der Waals surface area contributed by atoms with Crippen molar-refractivity contribution in [2.45, 2.75) is 19.1 Å². The van der Waals surface area contributed by atoms with Gasteiger partial charge >= 0.3 is 0 Å². The number of hydrogen-bond acceptors (Lipinski definition) is 7. The van der Waals surface area contributed by atoms with E-state index >= 15 is 0 Å². The quantitative estimate of drug-likeness (QED) is 0.491. The number of aliphatic hydroxyl groups excluding tert-OH is 1. The highest BCUT2D eigenvalue weighted by atomic mass is 16.5. The number of nitrogens with one attached hydrogen (secondary N) is 1. The molecule has 2 aromatic carbocycles. The molecule has 2 unspecified atom stereocenters. The summed E-state index contributed by atoms with van der Waals surface area (Å²) in [6.45, 7) is 2.53. The Morgan fingerprint density at radius 1 is 1.06 bits per heavy atom. The van der Waals surface area contributed by atoms with Gasteiger partial charge in [-0.15, -0.1) is 0 Å². The van der Waals surface area contributed by atoms with Crippen molar-refractivity contribution in [2.24, 2.45) is 9.98 Å². The second kappa shape index (κ2) is 8.84. The van der Waals surface area contributed by atoms with Crippen LogP contribution in [0.2, 0.25) is 0 Å². The summed E-state index contributed by atoms with van der Waals surface area (Å²) in [4.78, 5) is 21.2. The first-order valence-corrected chi connectivity index (χ1v) is 10.6. The minimum Gasteiger partial charge on any atom is -0.481 e. The number of aliphatic imine (C=N–C) groups is 2. The smallest absolute Gasteiger partial charge is 0.241 e. The number of pyridine rings is 1. The number of ether oxygens (including phenoxy) is 2. The molecule has 0 amide bonds. The van der Waals surface area contributed by atoms with E-state index in [4.69, 9.17) is 14.5 Å². The maximum absolute atomic E-state index is 10.8. The van der Waals surface area contributed by atoms with Crippen molar-refractivity contribution >= 4 is 22.6 Å². The summed E-state index contributed by atoms with van der Waals surface area (Å²) >= 11 is 0. The summed E-state index contributed by atoms with van der Waals surface area (Å²) in [6, 6.07) is 18.6. The molecule has 0 bridgehead atoms. The number of rotatable bonds is 5. The van der Waals surface area contributed by atoms with Crippen LogP contribution in [0.25, 0.3) is 11.0 Å². The maximum Gasteiger partial charge on any atom is 0.241 e. The standard InChI is InChI=1S/C25H23N5O3/c1-15-14-27-25(21(28-15)18-6-5-13-26-24(18)32-2)33-17-11-9-16(10-12-17)22(31)23-29-19-7-3-4-8-20(19)30-23/h3-13,15,22,31H,14H2,1-2H3,(H,29,30). The van der Waals surface area contributed by atoms with Crippen LogP contribution in [0.3, 0.4) is 0 Å². The first-order valence-electron chi connectivity index (χ1n) is 10.6. The summed E-state index contributed by atoms with van der Waals surface area (Å²) in [5.74, 6) is 1.95. The zero-order chi connectivity index (χ0) is 22.8. The lowest BCUT2D eigenvalue weighted by Crippen LogP contribution is -2.30. The molecule has 1 aliphatic rings. The number of methoxy groups -OCH3 is 1. The summed E-state index contributed by atoms with van der Waals surface area (Å²) in [6.07, 6.45) is 0.787. The van der Waals surface area contributed by atoms with E-state index in [2.05, 4.69) is 19.9 Å². The fourth-order valence-corrected chi connectivity index (χ4v) is 3.70. The highest BCUT2D eigenvalue weighted by molar-refractivity contribution is 6.46. The number of hydrogen-bond donors (Lipinski definition) is 2. The van der Waals surface area contributed by atoms with E-state index < -0.39 is 6.10 Å². The Balaban J connectivity index is 1.37. The number of H-pyrrole nitrogens is 1. The summed E-state index contributed by atoms with van der Waals surface area (Å²) in [7, 11) is 1.57. The molecule has 166 valence electrons. The molecule has 4 aromatic rings. The zero-order valence-corrected chi connectivity index (χ0v) is 18.3. The van der Waals surface area contributed by atoms with Crippen LogP contribution in [0.1, 0.15) is 30.0 Å². The molecular formula is C25H23N5O3. The van der Waals surface area contributed by atoms with Crippen LogP contribution in [0.4, 0.5) is 0 Å². The number of aliphatic hydroxyl groups is 1. The van der Waals surface area contributed by atoms with Gasteiger partial charge in [0.2, 0.25) is 11.8 Å². The second-order valence-electron chi connectivity index (χ2n) is 7.75. The van der Waals surface area contributed by atoms with Gasteiger partial charge in [-0.2, -0.15) is 0 Å². The molecule has 3 heterocycles. The number of nitrogens with zero attached hydrogens (tertiary/aromatic N) is 4. The van der Waals surface area contributed by atoms with Gasteiger partial charge in [0, 0.05) is 6.20 Å². The van der Waals surface area contributed by atoms with Gasteiger partial charge in [0.1, 0.15) is 23.4 Å². The minimum atomic E-state index is -0.879. The van der Waals surface area contributed by atoms with Gasteiger partial charge in [0.25, 0.3) is 0 Å². The Morgan fingerprint density at radius 2 is 1.88 bits per heavy atom. The van der Waals surface area contributed by atoms with Crippen molar-refractivity contribution in [3.8, 4) is 11.6 Å². The van der Waals surface area contributed by atoms with Crippen LogP contribution in [0.5, 0.6) is 11.6 Å². The van der Waals surface area contributed by atoms with Crippen LogP contribution in [0, 0.1) is 0 Å². The van der Waals surface area contributed by atoms with Crippen LogP contribution < -0.4 is 9.47 Å². The maximum atomic E-state index is 10.8. The lowest BCUT2D eigenvalue weighted by molar-refractivity contribution is 0.211. The van der Waals surface area contributed by atoms with E-state index in [0.717, 1.165) is 16.6 Å². The van der Waals surface area contributed by atoms with Crippen molar-refractivity contribution in [3.63, 3.8) is 0 Å². The van der Waals surface area contributed by atoms with Crippen LogP contribution >= 0.6 is 0 Å². The van der Waals surface area contributed by atoms with Gasteiger partial charge in [-0.3, -0.25) is 4.99 Å². The van der Waals surface area contributed by atoms with E-state index in [1.54, 1.807) is 37.6 Å². The number of aromatic nitrogens is 3. The monoisotopic (exact) mass is 441 g/mol. The number of para-hydroxylation sites is 2. The Kier molecular flexibility index (Phi) is 5.58. The topological polar surface area (TPSA) is 105 Å². The molecule has 0 saturated carbocycles. The second-order valence-corrected chi connectivity index (χ2v) is 7.75. The third-order valence-electron chi connectivity index (χ3n) is 5.35. The summed E-state index contributed by atoms with van der Waals surface area (Å²) in [5, 5.41) is 10.8. The molecule has 8 heteroatoms. The van der Waals surface area contributed by atoms with Crippen molar-refractivity contribution < 1.29 is 14.6 Å². The normalized spacial score (nSPS) is 16.8. The van der Waals surface area contributed by atoms with Crippen LogP contribution in [0.15, 0.2) is 76.8 Å². The average Bonchev–Trinajstić information content (AvgIpc) is 3.29. The Morgan fingerprint density at radius 3 is 2.67 bits per heavy atom. The molecular weight excluding hydrogens is 418 g/mol. The number of fused-ring (bicyclic) bond motifs is 1. The van der Waals surface area contributed by atoms with E-state index in [1.807, 2.05) is 43.3 Å². The molecule has 2 atom stereocenters. The average molecular weight is 441 g/mol. The van der Waals surface area contributed by atoms with E-state index in [1.165, 1.54) is 0 Å². The molecule has 33 heavy (non-hydrogen) atoms. The van der Waals surface area contributed by atoms with Crippen molar-refractivity contribution in [1.29, 1.82) is 0 Å². The van der Waals surface area contributed by atoms with Crippen LogP contribution in [-0.2, 0) is 0 Å². The lowest BCUT2D eigenvalue weighted by Gasteiger charge is -2.19. The van der Waals surface area contributed by atoms with Gasteiger partial charge in [-0.1, -0.05) is 24.3 Å². The first-order chi connectivity index (χ1) is 16.1. The van der Waals surface area contributed by atoms with Gasteiger partial charge in [-0.05, 0) is 48.9 Å². The Bertz CT molecular complexity index is 1310. The zero-order valence-electron chi connectivity index (χ0n) is 18.3. The fourth-order valence-electron chi connectivity index (χ4n) is 3.70. The molecule has 0 saturated heterocycles. The fraction of sp³-hybridized carbons (Fsp3) is 0.200. The predicted octanol–water partition coefficient (Wildman–Crippen LogP) is 3.72. The predicted molar refractivity (Wildman–Crippen MR) is 126 cm³/mol. The van der Waals surface area contributed by atoms with Gasteiger partial charge < -0.3 is 19.6 Å². The third-order valence-corrected chi connectivity index (χ3v) is 5.35. The van der Waals surface area contributed by atoms with Gasteiger partial charge in [-0.25, -0.2) is 15.0 Å². The van der Waals surface area contributed by atoms with E-state index in [-0.39, 0.29) is 6.04 Å². The number of aromatic amines is 1. The molecule has 0 fully saturated rings. The molecule has 2 N–H and O–H groups in total. The van der Waals surface area contributed by atoms with Crippen molar-refractivity contribution in [3.05, 3.63) is 83.8 Å². The Hall–Kier alpha value is -4.04. The Labute approximate surface area is 190 Å². The summed E-state index contributed by atoms with van der Waals surface area (Å²) in [5.41, 5.74) is 3.72. The first kappa shape index (κ1) is 20.8. The van der Waals surface area contributed by atoms with Gasteiger partial charge in [0.05, 0.1) is 36.3 Å². The molecule has 0 spiro atoms. The number of imidazole rings is 1. The summed E-state index contributed by atoms with van der Waals surface area (Å²) < 4.78 is 11.5. The highest BCUT2D eigenvalue weighted by Gasteiger charge is 2.24. The largest absolute Gasteiger partial charge is 0.481 e. The molecule has 2 aromatic heterocycles. The molecule has 5 rings (SSSR count). The van der Waals surface area contributed by atoms with Gasteiger partial charge in [0.15, 0.2) is 0 Å².